The zero-order valence-electron chi connectivity index (χ0n) is 10.5. The molecule has 0 spiro atoms. The Balaban J connectivity index is 2.37. The van der Waals surface area contributed by atoms with Crippen molar-refractivity contribution in [3.05, 3.63) is 69.4 Å². The van der Waals surface area contributed by atoms with Crippen LogP contribution in [-0.2, 0) is 12.6 Å². The highest BCUT2D eigenvalue weighted by Gasteiger charge is 2.35. The molecule has 0 N–H and O–H groups in total. The minimum atomic E-state index is -4.70. The van der Waals surface area contributed by atoms with Crippen LogP contribution >= 0.6 is 15.9 Å². The zero-order valence-corrected chi connectivity index (χ0v) is 12.1. The molecule has 21 heavy (non-hydrogen) atoms. The number of carbonyl (C=O) groups excluding carboxylic acids is 1. The monoisotopic (exact) mass is 360 g/mol. The van der Waals surface area contributed by atoms with Crippen LogP contribution in [0.25, 0.3) is 0 Å². The lowest BCUT2D eigenvalue weighted by atomic mass is 9.98. The van der Waals surface area contributed by atoms with Crippen molar-refractivity contribution in [2.75, 3.05) is 0 Å². The first kappa shape index (κ1) is 15.7. The maximum absolute atomic E-state index is 13.2. The number of alkyl halides is 3. The second-order valence-electron chi connectivity index (χ2n) is 4.42. The number of ketones is 1. The maximum Gasteiger partial charge on any atom is 0.417 e. The minimum Gasteiger partial charge on any atom is -0.294 e. The first-order valence-electron chi connectivity index (χ1n) is 5.92. The molecule has 0 amide bonds. The van der Waals surface area contributed by atoms with Crippen molar-refractivity contribution in [2.24, 2.45) is 0 Å². The molecular weight excluding hydrogens is 352 g/mol. The molecule has 0 aliphatic carbocycles. The van der Waals surface area contributed by atoms with Gasteiger partial charge < -0.3 is 0 Å². The molecule has 0 unspecified atom stereocenters. The molecule has 0 atom stereocenters. The second-order valence-corrected chi connectivity index (χ2v) is 5.33. The summed E-state index contributed by atoms with van der Waals surface area (Å²) in [4.78, 5) is 12.1. The lowest BCUT2D eigenvalue weighted by Gasteiger charge is -2.12. The smallest absolute Gasteiger partial charge is 0.294 e. The fourth-order valence-corrected chi connectivity index (χ4v) is 2.37. The van der Waals surface area contributed by atoms with E-state index in [0.717, 1.165) is 0 Å². The predicted molar refractivity (Wildman–Crippen MR) is 73.6 cm³/mol. The molecule has 1 nitrogen and oxygen atoms in total. The summed E-state index contributed by atoms with van der Waals surface area (Å²) >= 11 is 3.21. The molecule has 2 aromatic carbocycles. The van der Waals surface area contributed by atoms with E-state index in [1.165, 1.54) is 0 Å². The Morgan fingerprint density at radius 3 is 2.43 bits per heavy atom. The summed E-state index contributed by atoms with van der Waals surface area (Å²) in [5, 5.41) is 0. The molecule has 0 fully saturated rings. The van der Waals surface area contributed by atoms with Crippen LogP contribution in [0.15, 0.2) is 46.9 Å². The van der Waals surface area contributed by atoms with Crippen LogP contribution in [0.4, 0.5) is 17.6 Å². The van der Waals surface area contributed by atoms with Gasteiger partial charge >= 0.3 is 6.18 Å². The van der Waals surface area contributed by atoms with Crippen LogP contribution in [0.5, 0.6) is 0 Å². The molecule has 0 heterocycles. The Kier molecular flexibility index (Phi) is 4.46. The number of hydrogen-bond acceptors (Lipinski definition) is 1. The van der Waals surface area contributed by atoms with Crippen LogP contribution in [0.2, 0.25) is 0 Å². The summed E-state index contributed by atoms with van der Waals surface area (Å²) in [6.45, 7) is 0. The highest BCUT2D eigenvalue weighted by atomic mass is 79.9. The van der Waals surface area contributed by atoms with Crippen LogP contribution in [0, 0.1) is 5.82 Å². The number of Topliss-reactive ketones (excluding diaryl/α,β-unsaturated/α-hetero) is 1. The molecule has 0 saturated carbocycles. The first-order chi connectivity index (χ1) is 9.77. The topological polar surface area (TPSA) is 17.1 Å². The summed E-state index contributed by atoms with van der Waals surface area (Å²) < 4.78 is 52.5. The van der Waals surface area contributed by atoms with Crippen molar-refractivity contribution >= 4 is 21.7 Å². The number of hydrogen-bond donors (Lipinski definition) is 0. The summed E-state index contributed by atoms with van der Waals surface area (Å²) in [6.07, 6.45) is -4.93. The van der Waals surface area contributed by atoms with Gasteiger partial charge in [-0.3, -0.25) is 4.79 Å². The van der Waals surface area contributed by atoms with E-state index in [1.807, 2.05) is 0 Å². The number of benzene rings is 2. The van der Waals surface area contributed by atoms with Crippen molar-refractivity contribution in [3.63, 3.8) is 0 Å². The van der Waals surface area contributed by atoms with Crippen LogP contribution in [-0.4, -0.2) is 5.78 Å². The van der Waals surface area contributed by atoms with E-state index in [2.05, 4.69) is 15.9 Å². The Hall–Kier alpha value is -1.69. The minimum absolute atomic E-state index is 0.230. The Morgan fingerprint density at radius 2 is 1.81 bits per heavy atom. The van der Waals surface area contributed by atoms with Crippen molar-refractivity contribution in [1.82, 2.24) is 0 Å². The average molecular weight is 361 g/mol. The average Bonchev–Trinajstić information content (AvgIpc) is 2.37. The van der Waals surface area contributed by atoms with E-state index >= 15 is 0 Å². The molecular formula is C15H9BrF4O. The van der Waals surface area contributed by atoms with Gasteiger partial charge in [0.15, 0.2) is 5.78 Å². The van der Waals surface area contributed by atoms with Crippen LogP contribution in [0.3, 0.4) is 0 Å². The quantitative estimate of drug-likeness (QED) is 0.554. The highest BCUT2D eigenvalue weighted by Crippen LogP contribution is 2.33. The summed E-state index contributed by atoms with van der Waals surface area (Å²) in [6, 6.07) is 8.56. The van der Waals surface area contributed by atoms with Gasteiger partial charge in [-0.15, -0.1) is 0 Å². The third-order valence-corrected chi connectivity index (χ3v) is 3.33. The standard InChI is InChI=1S/C15H9BrF4O/c16-10-3-1-2-9(6-10)7-14(21)12-8-11(17)4-5-13(12)15(18,19)20/h1-6,8H,7H2. The third kappa shape index (κ3) is 3.91. The van der Waals surface area contributed by atoms with E-state index in [0.29, 0.717) is 28.2 Å². The molecule has 110 valence electrons. The highest BCUT2D eigenvalue weighted by molar-refractivity contribution is 9.10. The molecule has 0 bridgehead atoms. The van der Waals surface area contributed by atoms with Crippen LogP contribution < -0.4 is 0 Å². The molecule has 6 heteroatoms. The first-order valence-corrected chi connectivity index (χ1v) is 6.71. The van der Waals surface area contributed by atoms with Gasteiger partial charge in [-0.2, -0.15) is 13.2 Å². The number of carbonyl (C=O) groups is 1. The summed E-state index contributed by atoms with van der Waals surface area (Å²) in [5.74, 6) is -1.65. The van der Waals surface area contributed by atoms with Crippen LogP contribution in [0.1, 0.15) is 21.5 Å². The molecule has 0 radical (unpaired) electrons. The third-order valence-electron chi connectivity index (χ3n) is 2.84. The summed E-state index contributed by atoms with van der Waals surface area (Å²) in [7, 11) is 0. The van der Waals surface area contributed by atoms with Gasteiger partial charge in [-0.05, 0) is 35.9 Å². The van der Waals surface area contributed by atoms with Crippen molar-refractivity contribution in [2.45, 2.75) is 12.6 Å². The lowest BCUT2D eigenvalue weighted by molar-refractivity contribution is -0.137. The van der Waals surface area contributed by atoms with Crippen molar-refractivity contribution < 1.29 is 22.4 Å². The second kappa shape index (κ2) is 5.97. The fraction of sp³-hybridized carbons (Fsp3) is 0.133. The normalized spacial score (nSPS) is 11.5. The van der Waals surface area contributed by atoms with Gasteiger partial charge in [0.25, 0.3) is 0 Å². The van der Waals surface area contributed by atoms with Gasteiger partial charge in [-0.25, -0.2) is 4.39 Å². The Labute approximate surface area is 126 Å². The molecule has 0 aromatic heterocycles. The molecule has 0 saturated heterocycles. The molecule has 0 aliphatic heterocycles. The van der Waals surface area contributed by atoms with E-state index in [9.17, 15) is 22.4 Å². The molecule has 2 aromatic rings. The number of rotatable bonds is 3. The van der Waals surface area contributed by atoms with E-state index < -0.39 is 28.9 Å². The van der Waals surface area contributed by atoms with Crippen molar-refractivity contribution in [1.29, 1.82) is 0 Å². The zero-order chi connectivity index (χ0) is 15.6. The maximum atomic E-state index is 13.2. The molecule has 0 aliphatic rings. The molecule has 2 rings (SSSR count). The predicted octanol–water partition coefficient (Wildman–Crippen LogP) is 5.03. The van der Waals surface area contributed by atoms with Gasteiger partial charge in [0.1, 0.15) is 5.82 Å². The van der Waals surface area contributed by atoms with E-state index in [4.69, 9.17) is 0 Å². The number of halogens is 5. The Bertz CT molecular complexity index is 680. The van der Waals surface area contributed by atoms with Gasteiger partial charge in [0.05, 0.1) is 5.56 Å². The van der Waals surface area contributed by atoms with E-state index in [1.54, 1.807) is 24.3 Å². The SMILES string of the molecule is O=C(Cc1cccc(Br)c1)c1cc(F)ccc1C(F)(F)F. The lowest BCUT2D eigenvalue weighted by Crippen LogP contribution is -2.15. The van der Waals surface area contributed by atoms with E-state index in [-0.39, 0.29) is 6.42 Å². The Morgan fingerprint density at radius 1 is 1.10 bits per heavy atom. The largest absolute Gasteiger partial charge is 0.417 e. The van der Waals surface area contributed by atoms with Gasteiger partial charge in [0, 0.05) is 16.5 Å². The van der Waals surface area contributed by atoms with Crippen molar-refractivity contribution in [3.8, 4) is 0 Å². The van der Waals surface area contributed by atoms with Gasteiger partial charge in [-0.1, -0.05) is 28.1 Å². The summed E-state index contributed by atoms with van der Waals surface area (Å²) in [5.41, 5.74) is -1.22. The van der Waals surface area contributed by atoms with Gasteiger partial charge in [0.2, 0.25) is 0 Å². The fourth-order valence-electron chi connectivity index (χ4n) is 1.92.